The molecule has 0 amide bonds. The van der Waals surface area contributed by atoms with Gasteiger partial charge in [-0.3, -0.25) is 0 Å². The van der Waals surface area contributed by atoms with Gasteiger partial charge in [0.15, 0.2) is 5.95 Å². The van der Waals surface area contributed by atoms with Crippen molar-refractivity contribution in [3.05, 3.63) is 47.4 Å². The number of H-pyrrole nitrogens is 2. The van der Waals surface area contributed by atoms with Gasteiger partial charge in [-0.05, 0) is 31.4 Å². The van der Waals surface area contributed by atoms with Crippen LogP contribution in [0.25, 0.3) is 10.9 Å². The second kappa shape index (κ2) is 4.80. The Balaban J connectivity index is 1.80. The molecule has 0 radical (unpaired) electrons. The van der Waals surface area contributed by atoms with Crippen LogP contribution in [-0.4, -0.2) is 22.0 Å². The monoisotopic (exact) mass is 254 g/mol. The molecule has 0 aliphatic heterocycles. The molecule has 19 heavy (non-hydrogen) atoms. The fourth-order valence-corrected chi connectivity index (χ4v) is 2.45. The molecule has 0 spiro atoms. The highest BCUT2D eigenvalue weighted by atomic mass is 15.1. The lowest BCUT2D eigenvalue weighted by molar-refractivity contribution is 0.920. The van der Waals surface area contributed by atoms with Gasteiger partial charge < -0.3 is 15.3 Å². The Kier molecular flexibility index (Phi) is 2.99. The minimum atomic E-state index is 0.839. The molecule has 0 saturated carbocycles. The van der Waals surface area contributed by atoms with E-state index in [0.717, 1.165) is 30.2 Å². The van der Waals surface area contributed by atoms with Gasteiger partial charge in [0.05, 0.1) is 5.69 Å². The van der Waals surface area contributed by atoms with Crippen molar-refractivity contribution in [1.82, 2.24) is 15.0 Å². The molecule has 0 bridgehead atoms. The molecule has 0 atom stereocenters. The summed E-state index contributed by atoms with van der Waals surface area (Å²) < 4.78 is 0. The summed E-state index contributed by atoms with van der Waals surface area (Å²) in [7, 11) is 1.88. The summed E-state index contributed by atoms with van der Waals surface area (Å²) in [6, 6.07) is 8.41. The fourth-order valence-electron chi connectivity index (χ4n) is 2.45. The highest BCUT2D eigenvalue weighted by Gasteiger charge is 2.08. The summed E-state index contributed by atoms with van der Waals surface area (Å²) in [4.78, 5) is 11.1. The van der Waals surface area contributed by atoms with E-state index in [2.05, 4.69) is 57.7 Å². The highest BCUT2D eigenvalue weighted by Crippen LogP contribution is 2.20. The summed E-state index contributed by atoms with van der Waals surface area (Å²) in [6.07, 6.45) is 4.05. The van der Waals surface area contributed by atoms with Crippen molar-refractivity contribution in [1.29, 1.82) is 0 Å². The maximum absolute atomic E-state index is 4.53. The van der Waals surface area contributed by atoms with Gasteiger partial charge in [0, 0.05) is 29.8 Å². The Bertz CT molecular complexity index is 693. The third-order valence-electron chi connectivity index (χ3n) is 3.53. The van der Waals surface area contributed by atoms with Crippen LogP contribution < -0.4 is 5.32 Å². The molecule has 0 aliphatic rings. The first-order valence-corrected chi connectivity index (χ1v) is 6.56. The van der Waals surface area contributed by atoms with Crippen molar-refractivity contribution < 1.29 is 0 Å². The zero-order chi connectivity index (χ0) is 13.2. The Hall–Kier alpha value is -2.23. The van der Waals surface area contributed by atoms with Gasteiger partial charge in [0.2, 0.25) is 0 Å². The van der Waals surface area contributed by atoms with Gasteiger partial charge in [-0.25, -0.2) is 4.98 Å². The normalized spacial score (nSPS) is 11.1. The van der Waals surface area contributed by atoms with Gasteiger partial charge in [-0.1, -0.05) is 18.2 Å². The van der Waals surface area contributed by atoms with Crippen LogP contribution in [0.2, 0.25) is 0 Å². The van der Waals surface area contributed by atoms with E-state index in [-0.39, 0.29) is 0 Å². The molecular weight excluding hydrogens is 236 g/mol. The molecule has 4 heteroatoms. The van der Waals surface area contributed by atoms with E-state index in [1.165, 1.54) is 16.5 Å². The largest absolute Gasteiger partial charge is 0.361 e. The number of aryl methyl sites for hydroxylation is 3. The summed E-state index contributed by atoms with van der Waals surface area (Å²) in [6.45, 7) is 2.07. The fraction of sp³-hybridized carbons (Fsp3) is 0.267. The lowest BCUT2D eigenvalue weighted by Gasteiger charge is -1.98. The van der Waals surface area contributed by atoms with Gasteiger partial charge in [-0.15, -0.1) is 0 Å². The molecule has 3 aromatic rings. The SMILES string of the molecule is CNc1nc(CCc2c[nH]c3ccccc23)c(C)[nH]1. The summed E-state index contributed by atoms with van der Waals surface area (Å²) in [5, 5.41) is 4.35. The molecule has 0 aliphatic carbocycles. The summed E-state index contributed by atoms with van der Waals surface area (Å²) >= 11 is 0. The summed E-state index contributed by atoms with van der Waals surface area (Å²) in [5.41, 5.74) is 4.83. The minimum Gasteiger partial charge on any atom is -0.361 e. The lowest BCUT2D eigenvalue weighted by atomic mass is 10.1. The average Bonchev–Trinajstić information content (AvgIpc) is 3.00. The van der Waals surface area contributed by atoms with Gasteiger partial charge in [0.1, 0.15) is 0 Å². The Labute approximate surface area is 112 Å². The number of aromatic amines is 2. The van der Waals surface area contributed by atoms with Crippen molar-refractivity contribution >= 4 is 16.9 Å². The third-order valence-corrected chi connectivity index (χ3v) is 3.53. The maximum Gasteiger partial charge on any atom is 0.200 e. The van der Waals surface area contributed by atoms with E-state index in [9.17, 15) is 0 Å². The molecular formula is C15H18N4. The molecule has 2 heterocycles. The molecule has 0 fully saturated rings. The number of rotatable bonds is 4. The Morgan fingerprint density at radius 2 is 2.05 bits per heavy atom. The van der Waals surface area contributed by atoms with E-state index in [1.807, 2.05) is 7.05 Å². The number of nitrogens with zero attached hydrogens (tertiary/aromatic N) is 1. The molecule has 98 valence electrons. The van der Waals surface area contributed by atoms with Gasteiger partial charge in [0.25, 0.3) is 0 Å². The van der Waals surface area contributed by atoms with Gasteiger partial charge >= 0.3 is 0 Å². The molecule has 3 N–H and O–H groups in total. The zero-order valence-electron chi connectivity index (χ0n) is 11.2. The number of hydrogen-bond acceptors (Lipinski definition) is 2. The highest BCUT2D eigenvalue weighted by molar-refractivity contribution is 5.83. The second-order valence-corrected chi connectivity index (χ2v) is 4.77. The molecule has 3 rings (SSSR count). The maximum atomic E-state index is 4.53. The zero-order valence-corrected chi connectivity index (χ0v) is 11.2. The van der Waals surface area contributed by atoms with E-state index in [1.54, 1.807) is 0 Å². The number of imidazole rings is 1. The number of benzene rings is 1. The Morgan fingerprint density at radius 1 is 1.21 bits per heavy atom. The molecule has 4 nitrogen and oxygen atoms in total. The van der Waals surface area contributed by atoms with Crippen LogP contribution in [-0.2, 0) is 12.8 Å². The number of nitrogens with one attached hydrogen (secondary N) is 3. The molecule has 1 aromatic carbocycles. The van der Waals surface area contributed by atoms with E-state index < -0.39 is 0 Å². The smallest absolute Gasteiger partial charge is 0.200 e. The van der Waals surface area contributed by atoms with Crippen molar-refractivity contribution in [3.8, 4) is 0 Å². The van der Waals surface area contributed by atoms with Gasteiger partial charge in [-0.2, -0.15) is 0 Å². The number of fused-ring (bicyclic) bond motifs is 1. The van der Waals surface area contributed by atoms with Crippen LogP contribution in [0.3, 0.4) is 0 Å². The van der Waals surface area contributed by atoms with Crippen molar-refractivity contribution in [2.75, 3.05) is 12.4 Å². The topological polar surface area (TPSA) is 56.5 Å². The van der Waals surface area contributed by atoms with Crippen LogP contribution >= 0.6 is 0 Å². The standard InChI is InChI=1S/C15H18N4/c1-10-13(19-15(16-2)18-10)8-7-11-9-17-14-6-4-3-5-12(11)14/h3-6,9,17H,7-8H2,1-2H3,(H2,16,18,19). The van der Waals surface area contributed by atoms with Crippen molar-refractivity contribution in [2.24, 2.45) is 0 Å². The predicted molar refractivity (Wildman–Crippen MR) is 78.6 cm³/mol. The molecule has 0 unspecified atom stereocenters. The Morgan fingerprint density at radius 3 is 2.84 bits per heavy atom. The lowest BCUT2D eigenvalue weighted by Crippen LogP contribution is -1.94. The molecule has 0 saturated heterocycles. The second-order valence-electron chi connectivity index (χ2n) is 4.77. The van der Waals surface area contributed by atoms with Crippen LogP contribution in [0.1, 0.15) is 17.0 Å². The first-order valence-electron chi connectivity index (χ1n) is 6.56. The first-order chi connectivity index (χ1) is 9.28. The number of para-hydroxylation sites is 1. The number of aromatic nitrogens is 3. The van der Waals surface area contributed by atoms with Crippen molar-refractivity contribution in [3.63, 3.8) is 0 Å². The molecule has 2 aromatic heterocycles. The first kappa shape index (κ1) is 11.8. The van der Waals surface area contributed by atoms with E-state index in [0.29, 0.717) is 0 Å². The average molecular weight is 254 g/mol. The van der Waals surface area contributed by atoms with Crippen LogP contribution in [0, 0.1) is 6.92 Å². The number of anilines is 1. The van der Waals surface area contributed by atoms with Crippen LogP contribution in [0.15, 0.2) is 30.5 Å². The minimum absolute atomic E-state index is 0.839. The number of hydrogen-bond donors (Lipinski definition) is 3. The third kappa shape index (κ3) is 2.21. The van der Waals surface area contributed by atoms with E-state index >= 15 is 0 Å². The predicted octanol–water partition coefficient (Wildman–Crippen LogP) is 3.03. The van der Waals surface area contributed by atoms with Crippen molar-refractivity contribution in [2.45, 2.75) is 19.8 Å². The van der Waals surface area contributed by atoms with Crippen LogP contribution in [0.5, 0.6) is 0 Å². The quantitative estimate of drug-likeness (QED) is 0.670. The summed E-state index contributed by atoms with van der Waals surface area (Å²) in [5.74, 6) is 0.839. The van der Waals surface area contributed by atoms with E-state index in [4.69, 9.17) is 0 Å². The van der Waals surface area contributed by atoms with Crippen LogP contribution in [0.4, 0.5) is 5.95 Å².